The molecule has 0 radical (unpaired) electrons. The first kappa shape index (κ1) is 22.8. The van der Waals surface area contributed by atoms with Crippen LogP contribution in [0.25, 0.3) is 0 Å². The Hall–Kier alpha value is -0.200. The van der Waals surface area contributed by atoms with Crippen molar-refractivity contribution in [1.29, 1.82) is 0 Å². The summed E-state index contributed by atoms with van der Waals surface area (Å²) in [5.74, 6) is 1.80. The first-order chi connectivity index (χ1) is 11.2. The van der Waals surface area contributed by atoms with E-state index in [9.17, 15) is 5.11 Å². The maximum Gasteiger partial charge on any atom is 0.134 e. The number of phenolic OH excluding ortho intramolecular Hbond substituents is 1. The van der Waals surface area contributed by atoms with E-state index < -0.39 is 0 Å². The minimum Gasteiger partial charge on any atom is -0.506 e. The number of halogens is 3. The van der Waals surface area contributed by atoms with Crippen LogP contribution >= 0.6 is 40.7 Å². The Morgan fingerprint density at radius 1 is 1.16 bits per heavy atom. The highest BCUT2D eigenvalue weighted by Gasteiger charge is 2.33. The third-order valence-corrected chi connectivity index (χ3v) is 5.87. The fraction of sp³-hybridized carbons (Fsp3) is 0.667. The van der Waals surface area contributed by atoms with Gasteiger partial charge in [0.25, 0.3) is 0 Å². The lowest BCUT2D eigenvalue weighted by molar-refractivity contribution is 0.101. The van der Waals surface area contributed by atoms with Crippen molar-refractivity contribution in [3.05, 3.63) is 22.2 Å². The van der Waals surface area contributed by atoms with Crippen molar-refractivity contribution in [3.63, 3.8) is 0 Å². The predicted octanol–water partition coefficient (Wildman–Crippen LogP) is 4.53. The van der Waals surface area contributed by atoms with Gasteiger partial charge in [0, 0.05) is 37.8 Å². The molecule has 25 heavy (non-hydrogen) atoms. The molecule has 1 aromatic rings. The van der Waals surface area contributed by atoms with Gasteiger partial charge in [0.15, 0.2) is 0 Å². The van der Waals surface area contributed by atoms with Gasteiger partial charge in [-0.15, -0.1) is 24.8 Å². The summed E-state index contributed by atoms with van der Waals surface area (Å²) in [5.41, 5.74) is 1.02. The molecular weight excluding hydrogens is 427 g/mol. The molecule has 3 rings (SSSR count). The van der Waals surface area contributed by atoms with E-state index >= 15 is 0 Å². The van der Waals surface area contributed by atoms with Crippen LogP contribution in [0.4, 0.5) is 0 Å². The quantitative estimate of drug-likeness (QED) is 0.699. The second-order valence-electron chi connectivity index (χ2n) is 6.68. The number of ether oxygens (including phenoxy) is 1. The summed E-state index contributed by atoms with van der Waals surface area (Å²) in [6.45, 7) is 4.12. The zero-order valence-electron chi connectivity index (χ0n) is 14.7. The Balaban J connectivity index is 0.00000156. The molecule has 1 aromatic carbocycles. The lowest BCUT2D eigenvalue weighted by atomic mass is 9.80. The van der Waals surface area contributed by atoms with E-state index in [4.69, 9.17) is 4.74 Å². The molecule has 2 aliphatic rings. The zero-order valence-corrected chi connectivity index (χ0v) is 17.9. The Kier molecular flexibility index (Phi) is 9.89. The van der Waals surface area contributed by atoms with Gasteiger partial charge in [-0.25, -0.2) is 0 Å². The van der Waals surface area contributed by atoms with E-state index in [-0.39, 0.29) is 30.9 Å². The average Bonchev–Trinajstić information content (AvgIpc) is 2.60. The molecule has 1 atom stereocenters. The highest BCUT2D eigenvalue weighted by molar-refractivity contribution is 9.10. The van der Waals surface area contributed by atoms with Crippen LogP contribution in [-0.4, -0.2) is 43.3 Å². The van der Waals surface area contributed by atoms with Crippen LogP contribution in [-0.2, 0) is 0 Å². The third kappa shape index (κ3) is 5.39. The second kappa shape index (κ2) is 10.8. The van der Waals surface area contributed by atoms with Gasteiger partial charge in [0.05, 0.1) is 11.6 Å². The summed E-state index contributed by atoms with van der Waals surface area (Å²) in [5, 5.41) is 14.1. The molecule has 0 aromatic heterocycles. The molecule has 1 aliphatic carbocycles. The van der Waals surface area contributed by atoms with Crippen molar-refractivity contribution < 1.29 is 9.84 Å². The average molecular weight is 456 g/mol. The molecule has 144 valence electrons. The first-order valence-electron chi connectivity index (χ1n) is 8.72. The van der Waals surface area contributed by atoms with Gasteiger partial charge in [-0.2, -0.15) is 0 Å². The van der Waals surface area contributed by atoms with Crippen molar-refractivity contribution in [1.82, 2.24) is 10.2 Å². The Labute approximate surface area is 171 Å². The van der Waals surface area contributed by atoms with Crippen LogP contribution in [0.1, 0.15) is 43.7 Å². The number of benzene rings is 1. The fourth-order valence-corrected chi connectivity index (χ4v) is 4.55. The number of hydrogen-bond donors (Lipinski definition) is 2. The second-order valence-corrected chi connectivity index (χ2v) is 7.53. The normalized spacial score (nSPS) is 20.2. The van der Waals surface area contributed by atoms with Crippen LogP contribution in [0.5, 0.6) is 11.5 Å². The van der Waals surface area contributed by atoms with E-state index in [2.05, 4.69) is 26.1 Å². The lowest BCUT2D eigenvalue weighted by Gasteiger charge is -2.41. The summed E-state index contributed by atoms with van der Waals surface area (Å²) in [4.78, 5) is 2.55. The maximum atomic E-state index is 10.7. The van der Waals surface area contributed by atoms with E-state index in [1.165, 1.54) is 32.1 Å². The zero-order chi connectivity index (χ0) is 16.2. The Morgan fingerprint density at radius 2 is 1.80 bits per heavy atom. The molecule has 7 heteroatoms. The summed E-state index contributed by atoms with van der Waals surface area (Å²) >= 11 is 3.49. The minimum atomic E-state index is 0. The summed E-state index contributed by atoms with van der Waals surface area (Å²) < 4.78 is 6.17. The number of phenols is 1. The SMILES string of the molecule is COc1cc(Br)c(O)c([C@@H](C2CCCCC2)N2CCNCC2)c1.Cl.Cl. The van der Waals surface area contributed by atoms with Crippen LogP contribution in [0.15, 0.2) is 16.6 Å². The van der Waals surface area contributed by atoms with Gasteiger partial charge >= 0.3 is 0 Å². The van der Waals surface area contributed by atoms with E-state index in [0.29, 0.717) is 11.7 Å². The standard InChI is InChI=1S/C18H27BrN2O2.2ClH/c1-23-14-11-15(18(22)16(19)12-14)17(13-5-3-2-4-6-13)21-9-7-20-8-10-21;;/h11-13,17,20,22H,2-10H2,1H3;2*1H/t17-;;/m1../s1. The number of methoxy groups -OCH3 is 1. The molecule has 1 saturated heterocycles. The van der Waals surface area contributed by atoms with Crippen molar-refractivity contribution >= 4 is 40.7 Å². The summed E-state index contributed by atoms with van der Waals surface area (Å²) in [7, 11) is 1.68. The molecule has 1 aliphatic heterocycles. The van der Waals surface area contributed by atoms with Gasteiger partial charge < -0.3 is 15.2 Å². The van der Waals surface area contributed by atoms with Crippen molar-refractivity contribution in [2.45, 2.75) is 38.1 Å². The topological polar surface area (TPSA) is 44.7 Å². The lowest BCUT2D eigenvalue weighted by Crippen LogP contribution is -2.47. The molecule has 0 spiro atoms. The Morgan fingerprint density at radius 3 is 2.40 bits per heavy atom. The highest BCUT2D eigenvalue weighted by atomic mass is 79.9. The number of aromatic hydroxyl groups is 1. The van der Waals surface area contributed by atoms with Crippen LogP contribution in [0, 0.1) is 5.92 Å². The van der Waals surface area contributed by atoms with Crippen molar-refractivity contribution in [2.24, 2.45) is 5.92 Å². The first-order valence-corrected chi connectivity index (χ1v) is 9.51. The molecule has 2 N–H and O–H groups in total. The molecule has 0 unspecified atom stereocenters. The van der Waals surface area contributed by atoms with Gasteiger partial charge in [-0.3, -0.25) is 4.90 Å². The molecular formula is C18H29BrCl2N2O2. The molecule has 1 saturated carbocycles. The van der Waals surface area contributed by atoms with Crippen LogP contribution in [0.3, 0.4) is 0 Å². The van der Waals surface area contributed by atoms with E-state index in [1.54, 1.807) is 7.11 Å². The number of nitrogens with one attached hydrogen (secondary N) is 1. The van der Waals surface area contributed by atoms with E-state index in [1.807, 2.05) is 12.1 Å². The van der Waals surface area contributed by atoms with Crippen LogP contribution < -0.4 is 10.1 Å². The van der Waals surface area contributed by atoms with Crippen molar-refractivity contribution in [2.75, 3.05) is 33.3 Å². The number of rotatable bonds is 4. The maximum absolute atomic E-state index is 10.7. The summed E-state index contributed by atoms with van der Waals surface area (Å²) in [6.07, 6.45) is 6.46. The number of nitrogens with zero attached hydrogens (tertiary/aromatic N) is 1. The molecule has 1 heterocycles. The van der Waals surface area contributed by atoms with Gasteiger partial charge in [0.1, 0.15) is 11.5 Å². The smallest absolute Gasteiger partial charge is 0.134 e. The molecule has 0 amide bonds. The molecule has 4 nitrogen and oxygen atoms in total. The summed E-state index contributed by atoms with van der Waals surface area (Å²) in [6, 6.07) is 4.15. The minimum absolute atomic E-state index is 0. The monoisotopic (exact) mass is 454 g/mol. The Bertz CT molecular complexity index is 518. The highest BCUT2D eigenvalue weighted by Crippen LogP contribution is 2.45. The largest absolute Gasteiger partial charge is 0.506 e. The number of piperazine rings is 1. The van der Waals surface area contributed by atoms with Gasteiger partial charge in [-0.1, -0.05) is 19.3 Å². The fourth-order valence-electron chi connectivity index (χ4n) is 4.10. The van der Waals surface area contributed by atoms with Crippen LogP contribution in [0.2, 0.25) is 0 Å². The number of hydrogen-bond acceptors (Lipinski definition) is 4. The van der Waals surface area contributed by atoms with Crippen molar-refractivity contribution in [3.8, 4) is 11.5 Å². The molecule has 2 fully saturated rings. The van der Waals surface area contributed by atoms with Gasteiger partial charge in [0.2, 0.25) is 0 Å². The predicted molar refractivity (Wildman–Crippen MR) is 111 cm³/mol. The van der Waals surface area contributed by atoms with Gasteiger partial charge in [-0.05, 0) is 46.8 Å². The molecule has 0 bridgehead atoms. The third-order valence-electron chi connectivity index (χ3n) is 5.26. The van der Waals surface area contributed by atoms with E-state index in [0.717, 1.165) is 42.0 Å².